The highest BCUT2D eigenvalue weighted by Crippen LogP contribution is 2.45. The Morgan fingerprint density at radius 2 is 1.12 bits per heavy atom. The third-order valence-corrected chi connectivity index (χ3v) is 9.55. The topological polar surface area (TPSA) is 9.23 Å². The molecule has 3 aliphatic carbocycles. The maximum absolute atomic E-state index is 13.9. The Hall–Kier alpha value is -0.580. The van der Waals surface area contributed by atoms with Gasteiger partial charge in [-0.05, 0) is 113 Å². The Labute approximate surface area is 191 Å². The van der Waals surface area contributed by atoms with E-state index in [1.54, 1.807) is 0 Å². The zero-order valence-corrected chi connectivity index (χ0v) is 19.7. The zero-order valence-electron chi connectivity index (χ0n) is 19.7. The molecule has 3 saturated carbocycles. The molecule has 0 amide bonds. The smallest absolute Gasteiger partial charge is 0.378 e. The molecule has 0 aromatic heterocycles. The van der Waals surface area contributed by atoms with Crippen LogP contribution in [0.25, 0.3) is 0 Å². The molecule has 1 aliphatic heterocycles. The predicted octanol–water partition coefficient (Wildman–Crippen LogP) is 8.64. The van der Waals surface area contributed by atoms with Gasteiger partial charge in [-0.15, -0.1) is 0 Å². The molecule has 0 radical (unpaired) electrons. The fraction of sp³-hybridized carbons (Fsp3) is 0.926. The summed E-state index contributed by atoms with van der Waals surface area (Å²) < 4.78 is 57.4. The lowest BCUT2D eigenvalue weighted by molar-refractivity contribution is -0.0833. The van der Waals surface area contributed by atoms with Gasteiger partial charge >= 0.3 is 6.18 Å². The second kappa shape index (κ2) is 10.8. The summed E-state index contributed by atoms with van der Waals surface area (Å²) in [6.45, 7) is 3.25. The van der Waals surface area contributed by atoms with Gasteiger partial charge in [-0.1, -0.05) is 19.8 Å². The largest absolute Gasteiger partial charge is 0.412 e. The molecule has 1 nitrogen and oxygen atoms in total. The minimum Gasteiger partial charge on any atom is -0.378 e. The number of rotatable bonds is 4. The van der Waals surface area contributed by atoms with Crippen LogP contribution in [0.4, 0.5) is 17.6 Å². The molecular formula is C27H42F4O. The molecule has 1 heterocycles. The maximum Gasteiger partial charge on any atom is 0.412 e. The van der Waals surface area contributed by atoms with Crippen molar-refractivity contribution in [3.8, 4) is 0 Å². The number of ether oxygens (including phenoxy) is 1. The molecule has 0 spiro atoms. The van der Waals surface area contributed by atoms with Crippen LogP contribution >= 0.6 is 0 Å². The van der Waals surface area contributed by atoms with Crippen molar-refractivity contribution in [2.45, 2.75) is 109 Å². The quantitative estimate of drug-likeness (QED) is 0.383. The molecular weight excluding hydrogens is 416 g/mol. The molecule has 5 heteroatoms. The number of alkyl halides is 3. The lowest BCUT2D eigenvalue weighted by Gasteiger charge is -2.42. The third-order valence-electron chi connectivity index (χ3n) is 9.55. The van der Waals surface area contributed by atoms with E-state index in [1.807, 2.05) is 0 Å². The third kappa shape index (κ3) is 6.51. The highest BCUT2D eigenvalue weighted by atomic mass is 19.4. The first-order valence-corrected chi connectivity index (χ1v) is 13.3. The fourth-order valence-electron chi connectivity index (χ4n) is 7.42. The Bertz CT molecular complexity index is 598. The number of allylic oxidation sites excluding steroid dienone is 2. The van der Waals surface area contributed by atoms with Gasteiger partial charge in [0.2, 0.25) is 0 Å². The Balaban J connectivity index is 1.16. The molecule has 0 aromatic carbocycles. The molecule has 0 bridgehead atoms. The summed E-state index contributed by atoms with van der Waals surface area (Å²) in [4.78, 5) is 0. The standard InChI is InChI=1S/C27H42F4O/c1-18-2-4-19(5-3-18)20-6-8-21(9-7-20)24-14-15-26(32-17-24)23-12-10-22(11-13-23)25(28)16-27(29,30)31/h16,18-24,26H,2-15,17H2,1H3/b25-16-. The minimum atomic E-state index is -4.56. The van der Waals surface area contributed by atoms with Gasteiger partial charge in [-0.2, -0.15) is 13.2 Å². The van der Waals surface area contributed by atoms with Gasteiger partial charge in [-0.25, -0.2) is 4.39 Å². The first-order chi connectivity index (χ1) is 15.3. The van der Waals surface area contributed by atoms with Gasteiger partial charge in [0.1, 0.15) is 5.83 Å². The lowest BCUT2D eigenvalue weighted by Crippen LogP contribution is -2.37. The molecule has 4 fully saturated rings. The molecule has 2 unspecified atom stereocenters. The van der Waals surface area contributed by atoms with Crippen molar-refractivity contribution in [2.24, 2.45) is 41.4 Å². The van der Waals surface area contributed by atoms with E-state index in [4.69, 9.17) is 4.74 Å². The van der Waals surface area contributed by atoms with Crippen LogP contribution in [0.2, 0.25) is 0 Å². The van der Waals surface area contributed by atoms with Crippen LogP contribution in [0, 0.1) is 41.4 Å². The van der Waals surface area contributed by atoms with Gasteiger partial charge in [0.15, 0.2) is 0 Å². The van der Waals surface area contributed by atoms with E-state index in [9.17, 15) is 17.6 Å². The second-order valence-corrected chi connectivity index (χ2v) is 11.6. The summed E-state index contributed by atoms with van der Waals surface area (Å²) in [6.07, 6.45) is 11.7. The van der Waals surface area contributed by atoms with Gasteiger partial charge in [0, 0.05) is 5.92 Å². The summed E-state index contributed by atoms with van der Waals surface area (Å²) in [5.74, 6) is 3.19. The van der Waals surface area contributed by atoms with Crippen molar-refractivity contribution in [1.82, 2.24) is 0 Å². The highest BCUT2D eigenvalue weighted by molar-refractivity contribution is 5.03. The van der Waals surface area contributed by atoms with Gasteiger partial charge in [0.05, 0.1) is 18.8 Å². The van der Waals surface area contributed by atoms with E-state index in [0.29, 0.717) is 24.7 Å². The van der Waals surface area contributed by atoms with Crippen LogP contribution in [0.15, 0.2) is 11.9 Å². The Morgan fingerprint density at radius 3 is 1.62 bits per heavy atom. The SMILES string of the molecule is CC1CCC(C2CCC(C3CCC(C4CCC(/C(F)=C/C(F)(F)F)CC4)OC3)CC2)CC1. The minimum absolute atomic E-state index is 0.150. The Kier molecular flexibility index (Phi) is 8.27. The molecule has 1 saturated heterocycles. The van der Waals surface area contributed by atoms with Gasteiger partial charge in [-0.3, -0.25) is 0 Å². The molecule has 0 aromatic rings. The summed E-state index contributed by atoms with van der Waals surface area (Å²) in [7, 11) is 0. The van der Waals surface area contributed by atoms with Crippen molar-refractivity contribution < 1.29 is 22.3 Å². The Morgan fingerprint density at radius 1 is 0.656 bits per heavy atom. The van der Waals surface area contributed by atoms with Crippen LogP contribution in [0.1, 0.15) is 96.8 Å². The van der Waals surface area contributed by atoms with Crippen LogP contribution in [-0.2, 0) is 4.74 Å². The molecule has 184 valence electrons. The van der Waals surface area contributed by atoms with Crippen LogP contribution in [0.3, 0.4) is 0 Å². The van der Waals surface area contributed by atoms with Gasteiger partial charge < -0.3 is 4.74 Å². The van der Waals surface area contributed by atoms with E-state index >= 15 is 0 Å². The molecule has 4 aliphatic rings. The number of hydrogen-bond acceptors (Lipinski definition) is 1. The van der Waals surface area contributed by atoms with E-state index in [0.717, 1.165) is 49.5 Å². The fourth-order valence-corrected chi connectivity index (χ4v) is 7.42. The summed E-state index contributed by atoms with van der Waals surface area (Å²) in [5, 5.41) is 0. The zero-order chi connectivity index (χ0) is 22.7. The monoisotopic (exact) mass is 458 g/mol. The number of hydrogen-bond donors (Lipinski definition) is 0. The van der Waals surface area contributed by atoms with Crippen LogP contribution in [-0.4, -0.2) is 18.9 Å². The van der Waals surface area contributed by atoms with Crippen LogP contribution in [0.5, 0.6) is 0 Å². The van der Waals surface area contributed by atoms with Crippen molar-refractivity contribution in [3.63, 3.8) is 0 Å². The first kappa shape index (κ1) is 24.5. The lowest BCUT2D eigenvalue weighted by atomic mass is 9.66. The number of halogens is 4. The highest BCUT2D eigenvalue weighted by Gasteiger charge is 2.38. The summed E-state index contributed by atoms with van der Waals surface area (Å²) in [5.41, 5.74) is 0. The predicted molar refractivity (Wildman–Crippen MR) is 120 cm³/mol. The van der Waals surface area contributed by atoms with Crippen molar-refractivity contribution >= 4 is 0 Å². The summed E-state index contributed by atoms with van der Waals surface area (Å²) in [6, 6.07) is 0. The average molecular weight is 459 g/mol. The van der Waals surface area contributed by atoms with E-state index in [-0.39, 0.29) is 12.2 Å². The van der Waals surface area contributed by atoms with Crippen molar-refractivity contribution in [2.75, 3.05) is 6.61 Å². The van der Waals surface area contributed by atoms with Crippen molar-refractivity contribution in [3.05, 3.63) is 11.9 Å². The van der Waals surface area contributed by atoms with Crippen LogP contribution < -0.4 is 0 Å². The van der Waals surface area contributed by atoms with Gasteiger partial charge in [0.25, 0.3) is 0 Å². The normalized spacial score (nSPS) is 42.6. The van der Waals surface area contributed by atoms with E-state index in [1.165, 1.54) is 57.8 Å². The average Bonchev–Trinajstić information content (AvgIpc) is 2.79. The molecule has 32 heavy (non-hydrogen) atoms. The summed E-state index contributed by atoms with van der Waals surface area (Å²) >= 11 is 0. The maximum atomic E-state index is 13.9. The van der Waals surface area contributed by atoms with Crippen molar-refractivity contribution in [1.29, 1.82) is 0 Å². The van der Waals surface area contributed by atoms with E-state index < -0.39 is 17.9 Å². The second-order valence-electron chi connectivity index (χ2n) is 11.6. The molecule has 0 N–H and O–H groups in total. The van der Waals surface area contributed by atoms with E-state index in [2.05, 4.69) is 6.92 Å². The molecule has 2 atom stereocenters. The molecule has 4 rings (SSSR count). The first-order valence-electron chi connectivity index (χ1n) is 13.3.